The maximum Gasteiger partial charge on any atom is 0.148 e. The van der Waals surface area contributed by atoms with Crippen molar-refractivity contribution in [2.24, 2.45) is 11.8 Å². The van der Waals surface area contributed by atoms with E-state index in [2.05, 4.69) is 49.0 Å². The summed E-state index contributed by atoms with van der Waals surface area (Å²) >= 11 is 1.65. The highest BCUT2D eigenvalue weighted by atomic mass is 32.1. The topological polar surface area (TPSA) is 45.2 Å². The van der Waals surface area contributed by atoms with Crippen molar-refractivity contribution in [3.05, 3.63) is 46.7 Å². The molecule has 33 heavy (non-hydrogen) atoms. The number of aldehydes is 1. The van der Waals surface area contributed by atoms with E-state index in [1.807, 2.05) is 32.0 Å². The first kappa shape index (κ1) is 25.2. The molecule has 3 aromatic rings. The van der Waals surface area contributed by atoms with Gasteiger partial charge in [0.15, 0.2) is 0 Å². The summed E-state index contributed by atoms with van der Waals surface area (Å²) in [5, 5.41) is 4.54. The third kappa shape index (κ3) is 6.32. The van der Waals surface area contributed by atoms with Gasteiger partial charge in [-0.1, -0.05) is 34.6 Å². The molecule has 178 valence electrons. The summed E-state index contributed by atoms with van der Waals surface area (Å²) in [7, 11) is 0. The molecule has 0 radical (unpaired) electrons. The van der Waals surface area contributed by atoms with Crippen LogP contribution in [-0.4, -0.2) is 24.4 Å². The SMILES string of the molecule is CCC(CC=O)c1cc(F)c(N(CC(C)C)CC(C)C)c(Nc2ccc3nc(C)sc3c2)c1. The van der Waals surface area contributed by atoms with Crippen LogP contribution in [-0.2, 0) is 4.79 Å². The molecule has 0 saturated heterocycles. The standard InChI is InChI=1S/C27H36FN3OS/c1-7-20(10-11-32)21-12-23(28)27(31(15-17(2)3)16-18(4)5)25(13-21)30-22-8-9-24-26(14-22)33-19(6)29-24/h8-9,11-14,17-18,20,30H,7,10,15-16H2,1-6H3. The van der Waals surface area contributed by atoms with E-state index in [-0.39, 0.29) is 11.7 Å². The predicted octanol–water partition coefficient (Wildman–Crippen LogP) is 7.69. The lowest BCUT2D eigenvalue weighted by Gasteiger charge is -2.31. The smallest absolute Gasteiger partial charge is 0.148 e. The Morgan fingerprint density at radius 2 is 1.82 bits per heavy atom. The molecule has 3 rings (SSSR count). The minimum Gasteiger partial charge on any atom is -0.367 e. The molecule has 0 fully saturated rings. The van der Waals surface area contributed by atoms with Crippen LogP contribution in [0.1, 0.15) is 63.9 Å². The lowest BCUT2D eigenvalue weighted by molar-refractivity contribution is -0.108. The third-order valence-corrected chi connectivity index (χ3v) is 6.63. The molecule has 0 spiro atoms. The fourth-order valence-corrected chi connectivity index (χ4v) is 5.21. The highest BCUT2D eigenvalue weighted by Crippen LogP contribution is 2.38. The molecular formula is C27H36FN3OS. The molecule has 4 nitrogen and oxygen atoms in total. The molecule has 6 heteroatoms. The number of nitrogens with zero attached hydrogens (tertiary/aromatic N) is 2. The quantitative estimate of drug-likeness (QED) is 0.292. The number of benzene rings is 2. The second-order valence-electron chi connectivity index (χ2n) is 9.64. The van der Waals surface area contributed by atoms with E-state index >= 15 is 4.39 Å². The van der Waals surface area contributed by atoms with Gasteiger partial charge in [0.25, 0.3) is 0 Å². The minimum atomic E-state index is -0.240. The van der Waals surface area contributed by atoms with Crippen LogP contribution in [0.25, 0.3) is 10.2 Å². The number of fused-ring (bicyclic) bond motifs is 1. The average Bonchev–Trinajstić information content (AvgIpc) is 3.09. The van der Waals surface area contributed by atoms with Crippen molar-refractivity contribution < 1.29 is 9.18 Å². The van der Waals surface area contributed by atoms with Gasteiger partial charge in [0.2, 0.25) is 0 Å². The van der Waals surface area contributed by atoms with Gasteiger partial charge in [0.1, 0.15) is 12.1 Å². The normalized spacial score (nSPS) is 12.5. The van der Waals surface area contributed by atoms with Gasteiger partial charge in [-0.2, -0.15) is 0 Å². The van der Waals surface area contributed by atoms with Crippen molar-refractivity contribution in [2.75, 3.05) is 23.3 Å². The Bertz CT molecular complexity index is 1080. The number of halogens is 1. The molecule has 0 saturated carbocycles. The fraction of sp³-hybridized carbons (Fsp3) is 0.481. The molecular weight excluding hydrogens is 433 g/mol. The van der Waals surface area contributed by atoms with E-state index in [4.69, 9.17) is 0 Å². The number of rotatable bonds is 11. The van der Waals surface area contributed by atoms with Crippen molar-refractivity contribution in [3.63, 3.8) is 0 Å². The Morgan fingerprint density at radius 3 is 2.42 bits per heavy atom. The molecule has 0 bridgehead atoms. The lowest BCUT2D eigenvalue weighted by atomic mass is 9.92. The molecule has 0 aliphatic carbocycles. The number of aromatic nitrogens is 1. The number of carbonyl (C=O) groups excluding carboxylic acids is 1. The largest absolute Gasteiger partial charge is 0.367 e. The van der Waals surface area contributed by atoms with Gasteiger partial charge in [0.05, 0.1) is 26.6 Å². The van der Waals surface area contributed by atoms with Crippen LogP contribution >= 0.6 is 11.3 Å². The van der Waals surface area contributed by atoms with Gasteiger partial charge in [-0.15, -0.1) is 11.3 Å². The fourth-order valence-electron chi connectivity index (χ4n) is 4.34. The van der Waals surface area contributed by atoms with Crippen LogP contribution in [0.3, 0.4) is 0 Å². The third-order valence-electron chi connectivity index (χ3n) is 5.69. The number of anilines is 3. The van der Waals surface area contributed by atoms with E-state index < -0.39 is 0 Å². The van der Waals surface area contributed by atoms with Crippen molar-refractivity contribution >= 4 is 44.9 Å². The summed E-state index contributed by atoms with van der Waals surface area (Å²) in [5.41, 5.74) is 4.08. The zero-order valence-electron chi connectivity index (χ0n) is 20.6. The Labute approximate surface area is 201 Å². The maximum absolute atomic E-state index is 15.8. The molecule has 1 atom stereocenters. The zero-order chi connectivity index (χ0) is 24.1. The van der Waals surface area contributed by atoms with Crippen molar-refractivity contribution in [2.45, 2.75) is 60.3 Å². The first-order chi connectivity index (χ1) is 15.7. The van der Waals surface area contributed by atoms with E-state index in [0.29, 0.717) is 23.9 Å². The number of nitrogens with one attached hydrogen (secondary N) is 1. The molecule has 0 aliphatic rings. The Balaban J connectivity index is 2.12. The molecule has 0 amide bonds. The van der Waals surface area contributed by atoms with Gasteiger partial charge in [0, 0.05) is 25.2 Å². The lowest BCUT2D eigenvalue weighted by Crippen LogP contribution is -2.32. The summed E-state index contributed by atoms with van der Waals surface area (Å²) in [6.07, 6.45) is 2.10. The summed E-state index contributed by atoms with van der Waals surface area (Å²) in [4.78, 5) is 17.9. The van der Waals surface area contributed by atoms with Crippen molar-refractivity contribution in [3.8, 4) is 0 Å². The van der Waals surface area contributed by atoms with Crippen LogP contribution in [0.15, 0.2) is 30.3 Å². The van der Waals surface area contributed by atoms with Gasteiger partial charge in [-0.05, 0) is 67.0 Å². The second kappa shape index (κ2) is 11.1. The Morgan fingerprint density at radius 1 is 1.12 bits per heavy atom. The molecule has 1 heterocycles. The van der Waals surface area contributed by atoms with E-state index in [1.54, 1.807) is 17.4 Å². The van der Waals surface area contributed by atoms with E-state index in [9.17, 15) is 4.79 Å². The Hall–Kier alpha value is -2.47. The average molecular weight is 470 g/mol. The molecule has 0 aliphatic heterocycles. The van der Waals surface area contributed by atoms with Gasteiger partial charge in [-0.25, -0.2) is 9.37 Å². The number of hydrogen-bond donors (Lipinski definition) is 1. The molecule has 2 aromatic carbocycles. The van der Waals surface area contributed by atoms with Crippen LogP contribution < -0.4 is 10.2 Å². The number of carbonyl (C=O) groups is 1. The summed E-state index contributed by atoms with van der Waals surface area (Å²) in [6, 6.07) is 9.73. The van der Waals surface area contributed by atoms with Crippen LogP contribution in [0.5, 0.6) is 0 Å². The van der Waals surface area contributed by atoms with Crippen molar-refractivity contribution in [1.29, 1.82) is 0 Å². The number of aryl methyl sites for hydroxylation is 1. The van der Waals surface area contributed by atoms with Crippen LogP contribution in [0.4, 0.5) is 21.5 Å². The zero-order valence-corrected chi connectivity index (χ0v) is 21.4. The summed E-state index contributed by atoms with van der Waals surface area (Å²) < 4.78 is 16.9. The van der Waals surface area contributed by atoms with E-state index in [1.165, 1.54) is 0 Å². The monoisotopic (exact) mass is 469 g/mol. The Kier molecular flexibility index (Phi) is 8.46. The predicted molar refractivity (Wildman–Crippen MR) is 140 cm³/mol. The van der Waals surface area contributed by atoms with Crippen molar-refractivity contribution in [1.82, 2.24) is 4.98 Å². The molecule has 1 aromatic heterocycles. The van der Waals surface area contributed by atoms with Gasteiger partial charge >= 0.3 is 0 Å². The minimum absolute atomic E-state index is 0.00173. The van der Waals surface area contributed by atoms with Crippen LogP contribution in [0, 0.1) is 24.6 Å². The van der Waals surface area contributed by atoms with E-state index in [0.717, 1.165) is 58.0 Å². The molecule has 1 unspecified atom stereocenters. The van der Waals surface area contributed by atoms with Gasteiger partial charge in [-0.3, -0.25) is 0 Å². The highest BCUT2D eigenvalue weighted by molar-refractivity contribution is 7.18. The van der Waals surface area contributed by atoms with Gasteiger partial charge < -0.3 is 15.0 Å². The second-order valence-corrected chi connectivity index (χ2v) is 10.9. The highest BCUT2D eigenvalue weighted by Gasteiger charge is 2.22. The molecule has 1 N–H and O–H groups in total. The first-order valence-corrected chi connectivity index (χ1v) is 12.7. The summed E-state index contributed by atoms with van der Waals surface area (Å²) in [6.45, 7) is 14.2. The first-order valence-electron chi connectivity index (χ1n) is 11.9. The number of hydrogen-bond acceptors (Lipinski definition) is 5. The summed E-state index contributed by atoms with van der Waals surface area (Å²) in [5.74, 6) is 0.550. The number of thiazole rings is 1. The maximum atomic E-state index is 15.8. The van der Waals surface area contributed by atoms with Crippen LogP contribution in [0.2, 0.25) is 0 Å².